The predicted molar refractivity (Wildman–Crippen MR) is 79.6 cm³/mol. The van der Waals surface area contributed by atoms with Crippen LogP contribution in [0.1, 0.15) is 5.56 Å². The minimum absolute atomic E-state index is 0.242. The van der Waals surface area contributed by atoms with Gasteiger partial charge in [0.1, 0.15) is 5.52 Å². The second-order valence-electron chi connectivity index (χ2n) is 4.34. The lowest BCUT2D eigenvalue weighted by atomic mass is 10.2. The zero-order chi connectivity index (χ0) is 14.1. The number of rotatable bonds is 2. The van der Waals surface area contributed by atoms with Crippen LogP contribution >= 0.6 is 11.6 Å². The molecule has 0 saturated carbocycles. The second-order valence-corrected chi connectivity index (χ2v) is 4.75. The molecule has 0 saturated heterocycles. The van der Waals surface area contributed by atoms with E-state index in [0.29, 0.717) is 21.9 Å². The largest absolute Gasteiger partial charge is 0.338 e. The van der Waals surface area contributed by atoms with Gasteiger partial charge in [0.2, 0.25) is 0 Å². The number of nitrogens with zero attached hydrogens (tertiary/aromatic N) is 2. The summed E-state index contributed by atoms with van der Waals surface area (Å²) in [5, 5.41) is 3.87. The fourth-order valence-electron chi connectivity index (χ4n) is 1.94. The lowest BCUT2D eigenvalue weighted by Crippen LogP contribution is -2.07. The highest BCUT2D eigenvalue weighted by Crippen LogP contribution is 2.27. The molecule has 0 spiro atoms. The van der Waals surface area contributed by atoms with Gasteiger partial charge in [-0.25, -0.2) is 9.97 Å². The van der Waals surface area contributed by atoms with E-state index in [1.165, 1.54) is 6.20 Å². The molecule has 0 aliphatic heterocycles. The molecule has 2 N–H and O–H groups in total. The molecule has 0 radical (unpaired) electrons. The maximum Gasteiger partial charge on any atom is 0.266 e. The highest BCUT2D eigenvalue weighted by atomic mass is 35.5. The van der Waals surface area contributed by atoms with Crippen LogP contribution in [0.4, 0.5) is 11.5 Å². The molecule has 2 heterocycles. The number of hydrogen-bond donors (Lipinski definition) is 2. The summed E-state index contributed by atoms with van der Waals surface area (Å²) in [6, 6.07) is 7.31. The molecule has 0 amide bonds. The number of anilines is 2. The average molecular weight is 287 g/mol. The third-order valence-electron chi connectivity index (χ3n) is 3.01. The maximum absolute atomic E-state index is 11.3. The Bertz CT molecular complexity index is 844. The van der Waals surface area contributed by atoms with Gasteiger partial charge >= 0.3 is 0 Å². The molecule has 0 atom stereocenters. The van der Waals surface area contributed by atoms with Crippen molar-refractivity contribution >= 4 is 34.1 Å². The van der Waals surface area contributed by atoms with Crippen LogP contribution in [0.2, 0.25) is 5.02 Å². The minimum atomic E-state index is -0.242. The van der Waals surface area contributed by atoms with Crippen molar-refractivity contribution in [3.05, 3.63) is 57.6 Å². The fraction of sp³-hybridized carbons (Fsp3) is 0.0714. The van der Waals surface area contributed by atoms with Gasteiger partial charge in [-0.15, -0.1) is 0 Å². The molecule has 0 fully saturated rings. The Kier molecular flexibility index (Phi) is 3.12. The van der Waals surface area contributed by atoms with Gasteiger partial charge in [-0.1, -0.05) is 17.7 Å². The van der Waals surface area contributed by atoms with Crippen LogP contribution in [0.15, 0.2) is 41.5 Å². The first-order chi connectivity index (χ1) is 9.65. The third kappa shape index (κ3) is 2.23. The van der Waals surface area contributed by atoms with Crippen LogP contribution in [0.5, 0.6) is 0 Å². The highest BCUT2D eigenvalue weighted by molar-refractivity contribution is 6.31. The normalized spacial score (nSPS) is 10.7. The van der Waals surface area contributed by atoms with Crippen molar-refractivity contribution in [3.63, 3.8) is 0 Å². The summed E-state index contributed by atoms with van der Waals surface area (Å²) in [5.41, 5.74) is 2.78. The lowest BCUT2D eigenvalue weighted by molar-refractivity contribution is 1.19. The number of halogens is 1. The molecule has 5 nitrogen and oxygen atoms in total. The van der Waals surface area contributed by atoms with Crippen molar-refractivity contribution < 1.29 is 0 Å². The Balaban J connectivity index is 2.11. The predicted octanol–water partition coefficient (Wildman–Crippen LogP) is 3.02. The van der Waals surface area contributed by atoms with Gasteiger partial charge in [0.15, 0.2) is 5.82 Å². The van der Waals surface area contributed by atoms with Crippen LogP contribution in [-0.4, -0.2) is 15.0 Å². The molecule has 0 aliphatic rings. The molecule has 0 aliphatic carbocycles. The first-order valence-corrected chi connectivity index (χ1v) is 6.39. The SMILES string of the molecule is Cc1c(Cl)cccc1Nc1nccc2[nH]c(=O)cnc12. The number of hydrogen-bond acceptors (Lipinski definition) is 4. The summed E-state index contributed by atoms with van der Waals surface area (Å²) in [4.78, 5) is 22.4. The quantitative estimate of drug-likeness (QED) is 0.760. The van der Waals surface area contributed by atoms with Gasteiger partial charge in [0, 0.05) is 16.9 Å². The van der Waals surface area contributed by atoms with Gasteiger partial charge in [-0.2, -0.15) is 0 Å². The summed E-state index contributed by atoms with van der Waals surface area (Å²) in [6.45, 7) is 1.92. The van der Waals surface area contributed by atoms with E-state index < -0.39 is 0 Å². The molecule has 1 aromatic carbocycles. The smallest absolute Gasteiger partial charge is 0.266 e. The van der Waals surface area contributed by atoms with Gasteiger partial charge < -0.3 is 10.3 Å². The number of nitrogens with one attached hydrogen (secondary N) is 2. The van der Waals surface area contributed by atoms with E-state index in [1.54, 1.807) is 12.3 Å². The van der Waals surface area contributed by atoms with Crippen molar-refractivity contribution in [2.24, 2.45) is 0 Å². The molecular formula is C14H11ClN4O. The molecule has 100 valence electrons. The Morgan fingerprint density at radius 1 is 1.25 bits per heavy atom. The topological polar surface area (TPSA) is 70.7 Å². The molecule has 20 heavy (non-hydrogen) atoms. The van der Waals surface area contributed by atoms with Gasteiger partial charge in [0.25, 0.3) is 5.56 Å². The van der Waals surface area contributed by atoms with Crippen molar-refractivity contribution in [1.29, 1.82) is 0 Å². The molecule has 0 bridgehead atoms. The first-order valence-electron chi connectivity index (χ1n) is 6.01. The van der Waals surface area contributed by atoms with E-state index in [1.807, 2.05) is 25.1 Å². The van der Waals surface area contributed by atoms with Gasteiger partial charge in [-0.3, -0.25) is 4.79 Å². The molecular weight excluding hydrogens is 276 g/mol. The number of fused-ring (bicyclic) bond motifs is 1. The molecule has 6 heteroatoms. The molecule has 0 unspecified atom stereocenters. The van der Waals surface area contributed by atoms with Crippen molar-refractivity contribution in [3.8, 4) is 0 Å². The van der Waals surface area contributed by atoms with Crippen LogP contribution in [0, 0.1) is 6.92 Å². The average Bonchev–Trinajstić information content (AvgIpc) is 2.44. The Labute approximate surface area is 119 Å². The summed E-state index contributed by atoms with van der Waals surface area (Å²) >= 11 is 6.10. The summed E-state index contributed by atoms with van der Waals surface area (Å²) in [5.74, 6) is 0.573. The van der Waals surface area contributed by atoms with Crippen LogP contribution in [0.25, 0.3) is 11.0 Å². The lowest BCUT2D eigenvalue weighted by Gasteiger charge is -2.11. The van der Waals surface area contributed by atoms with E-state index in [9.17, 15) is 4.79 Å². The Morgan fingerprint density at radius 3 is 2.95 bits per heavy atom. The second kappa shape index (κ2) is 4.94. The summed E-state index contributed by atoms with van der Waals surface area (Å²) in [7, 11) is 0. The highest BCUT2D eigenvalue weighted by Gasteiger charge is 2.07. The number of pyridine rings is 1. The summed E-state index contributed by atoms with van der Waals surface area (Å²) < 4.78 is 0. The van der Waals surface area contributed by atoms with Crippen LogP contribution < -0.4 is 10.9 Å². The Morgan fingerprint density at radius 2 is 2.10 bits per heavy atom. The van der Waals surface area contributed by atoms with E-state index in [0.717, 1.165) is 11.3 Å². The number of H-pyrrole nitrogens is 1. The molecule has 2 aromatic heterocycles. The van der Waals surface area contributed by atoms with Gasteiger partial charge in [0.05, 0.1) is 11.7 Å². The summed E-state index contributed by atoms with van der Waals surface area (Å²) in [6.07, 6.45) is 2.85. The fourth-order valence-corrected chi connectivity index (χ4v) is 2.11. The maximum atomic E-state index is 11.3. The Hall–Kier alpha value is -2.40. The first kappa shape index (κ1) is 12.6. The minimum Gasteiger partial charge on any atom is -0.338 e. The zero-order valence-corrected chi connectivity index (χ0v) is 11.4. The van der Waals surface area contributed by atoms with E-state index in [-0.39, 0.29) is 5.56 Å². The monoisotopic (exact) mass is 286 g/mol. The van der Waals surface area contributed by atoms with Gasteiger partial charge in [-0.05, 0) is 30.7 Å². The molecule has 3 rings (SSSR count). The van der Waals surface area contributed by atoms with Crippen LogP contribution in [0.3, 0.4) is 0 Å². The van der Waals surface area contributed by atoms with Crippen molar-refractivity contribution in [2.75, 3.05) is 5.32 Å². The van der Waals surface area contributed by atoms with Crippen molar-refractivity contribution in [2.45, 2.75) is 6.92 Å². The van der Waals surface area contributed by atoms with E-state index >= 15 is 0 Å². The number of aromatic nitrogens is 3. The molecule has 3 aromatic rings. The number of benzene rings is 1. The van der Waals surface area contributed by atoms with Crippen molar-refractivity contribution in [1.82, 2.24) is 15.0 Å². The van der Waals surface area contributed by atoms with E-state index in [2.05, 4.69) is 20.3 Å². The third-order valence-corrected chi connectivity index (χ3v) is 3.42. The number of aromatic amines is 1. The van der Waals surface area contributed by atoms with E-state index in [4.69, 9.17) is 11.6 Å². The zero-order valence-electron chi connectivity index (χ0n) is 10.6. The standard InChI is InChI=1S/C14H11ClN4O/c1-8-9(15)3-2-4-10(8)19-14-13-11(5-6-16-14)18-12(20)7-17-13/h2-7H,1H3,(H,16,19)(H,18,20). The van der Waals surface area contributed by atoms with Crippen LogP contribution in [-0.2, 0) is 0 Å².